The van der Waals surface area contributed by atoms with Gasteiger partial charge >= 0.3 is 6.03 Å². The molecule has 0 spiro atoms. The van der Waals surface area contributed by atoms with Crippen molar-refractivity contribution in [2.45, 2.75) is 26.3 Å². The first-order chi connectivity index (χ1) is 12.7. The number of nitrogens with zero attached hydrogens (tertiary/aromatic N) is 1. The molecule has 2 aromatic rings. The van der Waals surface area contributed by atoms with E-state index in [9.17, 15) is 14.4 Å². The number of rotatable bonds is 4. The fourth-order valence-corrected chi connectivity index (χ4v) is 3.17. The second-order valence-electron chi connectivity index (χ2n) is 6.75. The number of anilines is 1. The van der Waals surface area contributed by atoms with Gasteiger partial charge in [-0.1, -0.05) is 35.9 Å². The highest BCUT2D eigenvalue weighted by Crippen LogP contribution is 2.29. The molecule has 1 aliphatic rings. The summed E-state index contributed by atoms with van der Waals surface area (Å²) in [7, 11) is 0. The zero-order chi connectivity index (χ0) is 19.8. The molecular formula is C20H20ClN3O3. The second kappa shape index (κ2) is 7.04. The summed E-state index contributed by atoms with van der Waals surface area (Å²) in [5, 5.41) is 5.96. The van der Waals surface area contributed by atoms with Crippen LogP contribution in [-0.2, 0) is 15.1 Å². The van der Waals surface area contributed by atoms with E-state index in [1.165, 1.54) is 0 Å². The molecule has 6 nitrogen and oxygen atoms in total. The van der Waals surface area contributed by atoms with Gasteiger partial charge in [0.25, 0.3) is 5.91 Å². The normalized spacial score (nSPS) is 19.2. The van der Waals surface area contributed by atoms with E-state index >= 15 is 0 Å². The van der Waals surface area contributed by atoms with Gasteiger partial charge in [0.05, 0.1) is 0 Å². The lowest BCUT2D eigenvalue weighted by Crippen LogP contribution is -2.42. The first-order valence-corrected chi connectivity index (χ1v) is 8.86. The van der Waals surface area contributed by atoms with Crippen molar-refractivity contribution in [3.05, 3.63) is 64.2 Å². The molecule has 1 unspecified atom stereocenters. The minimum atomic E-state index is -1.23. The van der Waals surface area contributed by atoms with Gasteiger partial charge in [-0.2, -0.15) is 0 Å². The van der Waals surface area contributed by atoms with Gasteiger partial charge in [0.15, 0.2) is 0 Å². The fourth-order valence-electron chi connectivity index (χ4n) is 3.04. The first kappa shape index (κ1) is 18.9. The van der Waals surface area contributed by atoms with Crippen LogP contribution in [0.25, 0.3) is 0 Å². The molecule has 140 valence electrons. The van der Waals surface area contributed by atoms with E-state index in [4.69, 9.17) is 11.6 Å². The van der Waals surface area contributed by atoms with Crippen LogP contribution in [0, 0.1) is 13.8 Å². The van der Waals surface area contributed by atoms with Crippen molar-refractivity contribution in [2.24, 2.45) is 0 Å². The summed E-state index contributed by atoms with van der Waals surface area (Å²) in [5.74, 6) is -0.918. The Labute approximate surface area is 162 Å². The Morgan fingerprint density at radius 1 is 1.15 bits per heavy atom. The summed E-state index contributed by atoms with van der Waals surface area (Å²) in [5.41, 5.74) is 2.00. The van der Waals surface area contributed by atoms with Crippen molar-refractivity contribution in [1.29, 1.82) is 0 Å². The maximum atomic E-state index is 12.9. The van der Waals surface area contributed by atoms with Crippen LogP contribution in [0.1, 0.15) is 23.6 Å². The first-order valence-electron chi connectivity index (χ1n) is 8.48. The predicted molar refractivity (Wildman–Crippen MR) is 104 cm³/mol. The topological polar surface area (TPSA) is 78.5 Å². The molecule has 1 saturated heterocycles. The molecule has 1 atom stereocenters. The molecule has 1 heterocycles. The third kappa shape index (κ3) is 3.53. The third-order valence-electron chi connectivity index (χ3n) is 4.88. The third-order valence-corrected chi connectivity index (χ3v) is 5.13. The number of hydrogen-bond acceptors (Lipinski definition) is 3. The molecule has 0 saturated carbocycles. The predicted octanol–water partition coefficient (Wildman–Crippen LogP) is 3.36. The standard InChI is InChI=1S/C20H20ClN3O3/c1-12-5-4-6-16(13(12)2)22-17(25)11-24-18(26)20(3,23-19(24)27)14-7-9-15(21)10-8-14/h4-10H,11H2,1-3H3,(H,22,25)(H,23,27). The molecule has 7 heteroatoms. The van der Waals surface area contributed by atoms with Crippen molar-refractivity contribution in [2.75, 3.05) is 11.9 Å². The fraction of sp³-hybridized carbons (Fsp3) is 0.250. The molecule has 3 rings (SSSR count). The number of carbonyl (C=O) groups excluding carboxylic acids is 3. The van der Waals surface area contributed by atoms with Crippen LogP contribution in [0.5, 0.6) is 0 Å². The van der Waals surface area contributed by atoms with Crippen molar-refractivity contribution in [1.82, 2.24) is 10.2 Å². The minimum Gasteiger partial charge on any atom is -0.324 e. The van der Waals surface area contributed by atoms with E-state index in [0.29, 0.717) is 16.3 Å². The van der Waals surface area contributed by atoms with Crippen molar-refractivity contribution in [3.8, 4) is 0 Å². The summed E-state index contributed by atoms with van der Waals surface area (Å²) >= 11 is 5.89. The summed E-state index contributed by atoms with van der Waals surface area (Å²) < 4.78 is 0. The summed E-state index contributed by atoms with van der Waals surface area (Å²) in [6, 6.07) is 11.6. The SMILES string of the molecule is Cc1cccc(NC(=O)CN2C(=O)NC(C)(c3ccc(Cl)cc3)C2=O)c1C. The number of nitrogens with one attached hydrogen (secondary N) is 2. The molecule has 4 amide bonds. The van der Waals surface area contributed by atoms with E-state index in [1.807, 2.05) is 26.0 Å². The van der Waals surface area contributed by atoms with Gasteiger partial charge in [0.2, 0.25) is 5.91 Å². The highest BCUT2D eigenvalue weighted by atomic mass is 35.5. The van der Waals surface area contributed by atoms with E-state index in [1.54, 1.807) is 37.3 Å². The zero-order valence-electron chi connectivity index (χ0n) is 15.3. The number of carbonyl (C=O) groups is 3. The molecule has 0 radical (unpaired) electrons. The molecule has 0 bridgehead atoms. The average molecular weight is 386 g/mol. The Hall–Kier alpha value is -2.86. The van der Waals surface area contributed by atoms with E-state index in [-0.39, 0.29) is 6.54 Å². The number of aryl methyl sites for hydroxylation is 1. The molecule has 2 aromatic carbocycles. The van der Waals surface area contributed by atoms with Crippen LogP contribution < -0.4 is 10.6 Å². The number of halogens is 1. The molecule has 0 aliphatic carbocycles. The van der Waals surface area contributed by atoms with Gasteiger partial charge in [-0.15, -0.1) is 0 Å². The lowest BCUT2D eigenvalue weighted by molar-refractivity contribution is -0.133. The second-order valence-corrected chi connectivity index (χ2v) is 7.19. The lowest BCUT2D eigenvalue weighted by Gasteiger charge is -2.22. The number of benzene rings is 2. The van der Waals surface area contributed by atoms with E-state index < -0.39 is 23.4 Å². The van der Waals surface area contributed by atoms with E-state index in [0.717, 1.165) is 16.0 Å². The number of imide groups is 1. The van der Waals surface area contributed by atoms with Gasteiger partial charge < -0.3 is 10.6 Å². The Balaban J connectivity index is 1.76. The van der Waals surface area contributed by atoms with Crippen molar-refractivity contribution in [3.63, 3.8) is 0 Å². The monoisotopic (exact) mass is 385 g/mol. The Bertz CT molecular complexity index is 927. The highest BCUT2D eigenvalue weighted by molar-refractivity contribution is 6.30. The quantitative estimate of drug-likeness (QED) is 0.792. The molecule has 27 heavy (non-hydrogen) atoms. The maximum absolute atomic E-state index is 12.9. The van der Waals surface area contributed by atoms with Crippen LogP contribution >= 0.6 is 11.6 Å². The smallest absolute Gasteiger partial charge is 0.324 e. The Kier molecular flexibility index (Phi) is 4.93. The van der Waals surface area contributed by atoms with Gasteiger partial charge in [-0.3, -0.25) is 14.5 Å². The summed E-state index contributed by atoms with van der Waals surface area (Å²) in [6.07, 6.45) is 0. The number of hydrogen-bond donors (Lipinski definition) is 2. The van der Waals surface area contributed by atoms with Crippen molar-refractivity contribution >= 4 is 35.1 Å². The Morgan fingerprint density at radius 3 is 2.48 bits per heavy atom. The number of amides is 4. The van der Waals surface area contributed by atoms with Gasteiger partial charge in [0, 0.05) is 10.7 Å². The van der Waals surface area contributed by atoms with Crippen LogP contribution in [0.15, 0.2) is 42.5 Å². The molecule has 2 N–H and O–H groups in total. The molecular weight excluding hydrogens is 366 g/mol. The summed E-state index contributed by atoms with van der Waals surface area (Å²) in [4.78, 5) is 38.5. The molecule has 0 aromatic heterocycles. The Morgan fingerprint density at radius 2 is 1.81 bits per heavy atom. The summed E-state index contributed by atoms with van der Waals surface area (Å²) in [6.45, 7) is 5.09. The zero-order valence-corrected chi connectivity index (χ0v) is 16.1. The van der Waals surface area contributed by atoms with Crippen LogP contribution in [0.2, 0.25) is 5.02 Å². The number of urea groups is 1. The van der Waals surface area contributed by atoms with Gasteiger partial charge in [-0.25, -0.2) is 4.79 Å². The van der Waals surface area contributed by atoms with Crippen molar-refractivity contribution < 1.29 is 14.4 Å². The van der Waals surface area contributed by atoms with Crippen LogP contribution in [0.3, 0.4) is 0 Å². The lowest BCUT2D eigenvalue weighted by atomic mass is 9.92. The largest absolute Gasteiger partial charge is 0.325 e. The van der Waals surface area contributed by atoms with Gasteiger partial charge in [0.1, 0.15) is 12.1 Å². The van der Waals surface area contributed by atoms with Gasteiger partial charge in [-0.05, 0) is 55.7 Å². The molecule has 1 fully saturated rings. The highest BCUT2D eigenvalue weighted by Gasteiger charge is 2.49. The van der Waals surface area contributed by atoms with Crippen LogP contribution in [-0.4, -0.2) is 29.3 Å². The average Bonchev–Trinajstić information content (AvgIpc) is 2.83. The van der Waals surface area contributed by atoms with Crippen LogP contribution in [0.4, 0.5) is 10.5 Å². The molecule has 1 aliphatic heterocycles. The van der Waals surface area contributed by atoms with E-state index in [2.05, 4.69) is 10.6 Å². The minimum absolute atomic E-state index is 0.360. The maximum Gasteiger partial charge on any atom is 0.325 e.